The predicted octanol–water partition coefficient (Wildman–Crippen LogP) is 2.54. The zero-order valence-corrected chi connectivity index (χ0v) is 11.8. The Labute approximate surface area is 113 Å². The Kier molecular flexibility index (Phi) is 3.81. The summed E-state index contributed by atoms with van der Waals surface area (Å²) in [6.07, 6.45) is 1.55. The van der Waals surface area contributed by atoms with E-state index in [2.05, 4.69) is 36.8 Å². The van der Waals surface area contributed by atoms with Crippen LogP contribution in [-0.2, 0) is 6.54 Å². The van der Waals surface area contributed by atoms with Crippen LogP contribution in [0.4, 0.5) is 0 Å². The Balaban J connectivity index is 2.70. The molecule has 0 aliphatic carbocycles. The van der Waals surface area contributed by atoms with Gasteiger partial charge in [-0.2, -0.15) is 0 Å². The molecule has 0 aliphatic heterocycles. The third kappa shape index (κ3) is 2.44. The lowest BCUT2D eigenvalue weighted by Gasteiger charge is -2.16. The molecule has 0 saturated heterocycles. The zero-order chi connectivity index (χ0) is 14.0. The highest BCUT2D eigenvalue weighted by atomic mass is 16.5. The van der Waals surface area contributed by atoms with Gasteiger partial charge in [-0.15, -0.1) is 0 Å². The molecule has 0 fully saturated rings. The van der Waals surface area contributed by atoms with E-state index < -0.39 is 0 Å². The molecule has 1 heterocycles. The summed E-state index contributed by atoms with van der Waals surface area (Å²) in [4.78, 5) is 8.48. The first-order valence-electron chi connectivity index (χ1n) is 6.24. The van der Waals surface area contributed by atoms with Crippen molar-refractivity contribution in [3.8, 4) is 17.0 Å². The van der Waals surface area contributed by atoms with Crippen LogP contribution < -0.4 is 10.5 Å². The number of aryl methyl sites for hydroxylation is 2. The first-order chi connectivity index (χ1) is 9.08. The van der Waals surface area contributed by atoms with Gasteiger partial charge in [0, 0.05) is 12.1 Å². The highest BCUT2D eigenvalue weighted by molar-refractivity contribution is 5.74. The number of ether oxygens (including phenoxy) is 1. The van der Waals surface area contributed by atoms with E-state index in [1.165, 1.54) is 5.56 Å². The fourth-order valence-electron chi connectivity index (χ4n) is 2.27. The quantitative estimate of drug-likeness (QED) is 0.918. The van der Waals surface area contributed by atoms with Gasteiger partial charge in [0.25, 0.3) is 0 Å². The highest BCUT2D eigenvalue weighted by Crippen LogP contribution is 2.36. The third-order valence-corrected chi connectivity index (χ3v) is 3.38. The highest BCUT2D eigenvalue weighted by Gasteiger charge is 2.15. The maximum Gasteiger partial charge on any atom is 0.131 e. The van der Waals surface area contributed by atoms with Gasteiger partial charge >= 0.3 is 0 Å². The van der Waals surface area contributed by atoms with Crippen LogP contribution in [0.15, 0.2) is 18.5 Å². The number of hydrogen-bond donors (Lipinski definition) is 1. The van der Waals surface area contributed by atoms with E-state index in [-0.39, 0.29) is 0 Å². The molecule has 1 aromatic heterocycles. The van der Waals surface area contributed by atoms with Crippen molar-refractivity contribution in [1.29, 1.82) is 0 Å². The first kappa shape index (κ1) is 13.5. The fraction of sp³-hybridized carbons (Fsp3) is 0.333. The van der Waals surface area contributed by atoms with Crippen LogP contribution in [0.25, 0.3) is 11.3 Å². The first-order valence-corrected chi connectivity index (χ1v) is 6.24. The van der Waals surface area contributed by atoms with E-state index in [4.69, 9.17) is 10.5 Å². The Hall–Kier alpha value is -1.94. The summed E-state index contributed by atoms with van der Waals surface area (Å²) >= 11 is 0. The van der Waals surface area contributed by atoms with Crippen molar-refractivity contribution < 1.29 is 4.74 Å². The Bertz CT molecular complexity index is 609. The van der Waals surface area contributed by atoms with E-state index in [0.717, 1.165) is 33.8 Å². The summed E-state index contributed by atoms with van der Waals surface area (Å²) in [5, 5.41) is 0. The molecule has 1 aromatic carbocycles. The van der Waals surface area contributed by atoms with Gasteiger partial charge in [-0.25, -0.2) is 9.97 Å². The summed E-state index contributed by atoms with van der Waals surface area (Å²) in [5.74, 6) is 0.874. The molecule has 4 heteroatoms. The molecule has 0 unspecified atom stereocenters. The molecule has 0 bridgehead atoms. The molecule has 2 aromatic rings. The standard InChI is InChI=1S/C15H19N3O/c1-9-5-10(2)14(15(19-4)11(9)3)13-6-12(7-16)17-8-18-13/h5-6,8H,7,16H2,1-4H3. The topological polar surface area (TPSA) is 61.0 Å². The Morgan fingerprint density at radius 3 is 2.47 bits per heavy atom. The number of hydrogen-bond acceptors (Lipinski definition) is 4. The molecule has 100 valence electrons. The average molecular weight is 257 g/mol. The summed E-state index contributed by atoms with van der Waals surface area (Å²) in [6.45, 7) is 6.61. The minimum absolute atomic E-state index is 0.404. The lowest BCUT2D eigenvalue weighted by Crippen LogP contribution is -2.02. The van der Waals surface area contributed by atoms with E-state index in [0.29, 0.717) is 6.54 Å². The number of methoxy groups -OCH3 is 1. The van der Waals surface area contributed by atoms with E-state index in [1.807, 2.05) is 6.07 Å². The number of nitrogens with two attached hydrogens (primary N) is 1. The minimum atomic E-state index is 0.404. The normalized spacial score (nSPS) is 10.6. The monoisotopic (exact) mass is 257 g/mol. The van der Waals surface area contributed by atoms with E-state index >= 15 is 0 Å². The Morgan fingerprint density at radius 1 is 1.11 bits per heavy atom. The lowest BCUT2D eigenvalue weighted by atomic mass is 9.96. The molecular weight excluding hydrogens is 238 g/mol. The Morgan fingerprint density at radius 2 is 1.84 bits per heavy atom. The molecule has 0 aliphatic rings. The third-order valence-electron chi connectivity index (χ3n) is 3.38. The molecule has 2 rings (SSSR count). The van der Waals surface area contributed by atoms with Crippen molar-refractivity contribution in [1.82, 2.24) is 9.97 Å². The van der Waals surface area contributed by atoms with Crippen molar-refractivity contribution in [3.05, 3.63) is 40.8 Å². The van der Waals surface area contributed by atoms with Gasteiger partial charge in [-0.1, -0.05) is 6.07 Å². The number of nitrogens with zero attached hydrogens (tertiary/aromatic N) is 2. The van der Waals surface area contributed by atoms with Crippen LogP contribution in [0.2, 0.25) is 0 Å². The molecule has 0 radical (unpaired) electrons. The molecular formula is C15H19N3O. The van der Waals surface area contributed by atoms with Gasteiger partial charge in [-0.3, -0.25) is 0 Å². The van der Waals surface area contributed by atoms with Crippen molar-refractivity contribution in [2.24, 2.45) is 5.73 Å². The van der Waals surface area contributed by atoms with Crippen LogP contribution in [-0.4, -0.2) is 17.1 Å². The summed E-state index contributed by atoms with van der Waals surface area (Å²) in [7, 11) is 1.69. The van der Waals surface area contributed by atoms with Crippen LogP contribution in [0.5, 0.6) is 5.75 Å². The summed E-state index contributed by atoms with van der Waals surface area (Å²) in [6, 6.07) is 4.07. The predicted molar refractivity (Wildman–Crippen MR) is 76.1 cm³/mol. The van der Waals surface area contributed by atoms with Crippen LogP contribution in [0.1, 0.15) is 22.4 Å². The van der Waals surface area contributed by atoms with Gasteiger partial charge in [0.15, 0.2) is 0 Å². The maximum atomic E-state index is 5.64. The summed E-state index contributed by atoms with van der Waals surface area (Å²) in [5.41, 5.74) is 11.8. The van der Waals surface area contributed by atoms with Gasteiger partial charge in [0.1, 0.15) is 12.1 Å². The van der Waals surface area contributed by atoms with Gasteiger partial charge in [0.2, 0.25) is 0 Å². The number of benzene rings is 1. The smallest absolute Gasteiger partial charge is 0.131 e. The van der Waals surface area contributed by atoms with Crippen molar-refractivity contribution >= 4 is 0 Å². The van der Waals surface area contributed by atoms with E-state index in [1.54, 1.807) is 13.4 Å². The second kappa shape index (κ2) is 5.36. The second-order valence-corrected chi connectivity index (χ2v) is 4.64. The largest absolute Gasteiger partial charge is 0.496 e. The van der Waals surface area contributed by atoms with Crippen LogP contribution in [0.3, 0.4) is 0 Å². The van der Waals surface area contributed by atoms with Gasteiger partial charge in [0.05, 0.1) is 18.5 Å². The average Bonchev–Trinajstić information content (AvgIpc) is 2.42. The number of aromatic nitrogens is 2. The molecule has 0 saturated carbocycles. The SMILES string of the molecule is COc1c(C)c(C)cc(C)c1-c1cc(CN)ncn1. The second-order valence-electron chi connectivity index (χ2n) is 4.64. The van der Waals surface area contributed by atoms with Gasteiger partial charge < -0.3 is 10.5 Å². The molecule has 0 atom stereocenters. The molecule has 0 amide bonds. The lowest BCUT2D eigenvalue weighted by molar-refractivity contribution is 0.412. The minimum Gasteiger partial charge on any atom is -0.496 e. The van der Waals surface area contributed by atoms with Crippen molar-refractivity contribution in [2.75, 3.05) is 7.11 Å². The summed E-state index contributed by atoms with van der Waals surface area (Å²) < 4.78 is 5.57. The number of rotatable bonds is 3. The van der Waals surface area contributed by atoms with Crippen molar-refractivity contribution in [3.63, 3.8) is 0 Å². The molecule has 4 nitrogen and oxygen atoms in total. The van der Waals surface area contributed by atoms with Gasteiger partial charge in [-0.05, 0) is 43.5 Å². The maximum absolute atomic E-state index is 5.64. The van der Waals surface area contributed by atoms with Crippen LogP contribution >= 0.6 is 0 Å². The zero-order valence-electron chi connectivity index (χ0n) is 11.8. The van der Waals surface area contributed by atoms with E-state index in [9.17, 15) is 0 Å². The molecule has 2 N–H and O–H groups in total. The van der Waals surface area contributed by atoms with Crippen LogP contribution in [0, 0.1) is 20.8 Å². The molecule has 19 heavy (non-hydrogen) atoms. The molecule has 0 spiro atoms. The fourth-order valence-corrected chi connectivity index (χ4v) is 2.27. The van der Waals surface area contributed by atoms with Crippen molar-refractivity contribution in [2.45, 2.75) is 27.3 Å².